The minimum atomic E-state index is -0.204. The molecule has 27 heavy (non-hydrogen) atoms. The lowest BCUT2D eigenvalue weighted by molar-refractivity contribution is 0.0630. The molecule has 148 valence electrons. The van der Waals surface area contributed by atoms with Crippen molar-refractivity contribution in [3.8, 4) is 5.75 Å². The zero-order valence-corrected chi connectivity index (χ0v) is 17.7. The number of ether oxygens (including phenoxy) is 2. The molecule has 2 amide bonds. The maximum atomic E-state index is 12.8. The van der Waals surface area contributed by atoms with Crippen molar-refractivity contribution in [2.75, 3.05) is 26.8 Å². The predicted octanol–water partition coefficient (Wildman–Crippen LogP) is 3.93. The standard InChI is InChI=1S/C20H27BrN2O4/c1-13(2)10-16-12-27-20(25)23(16)15-6-8-22(9-7-15)19(24)14-4-5-18(26-3)17(21)11-14/h4-5,11,13,15-16H,6-10,12H2,1-3H3/t16-/m0/s1. The van der Waals surface area contributed by atoms with Crippen molar-refractivity contribution in [1.29, 1.82) is 0 Å². The van der Waals surface area contributed by atoms with Gasteiger partial charge >= 0.3 is 6.09 Å². The summed E-state index contributed by atoms with van der Waals surface area (Å²) < 4.78 is 11.3. The van der Waals surface area contributed by atoms with Gasteiger partial charge in [0.2, 0.25) is 0 Å². The molecule has 2 fully saturated rings. The first-order valence-corrected chi connectivity index (χ1v) is 10.3. The average molecular weight is 439 g/mol. The second-order valence-corrected chi connectivity index (χ2v) is 8.49. The van der Waals surface area contributed by atoms with E-state index in [-0.39, 0.29) is 24.1 Å². The fourth-order valence-electron chi connectivity index (χ4n) is 3.97. The second-order valence-electron chi connectivity index (χ2n) is 7.64. The van der Waals surface area contributed by atoms with Crippen molar-refractivity contribution in [2.24, 2.45) is 5.92 Å². The number of cyclic esters (lactones) is 1. The molecule has 2 aliphatic heterocycles. The van der Waals surface area contributed by atoms with Crippen LogP contribution in [0.4, 0.5) is 4.79 Å². The SMILES string of the molecule is COc1ccc(C(=O)N2CCC(N3C(=O)OC[C@@H]3CC(C)C)CC2)cc1Br. The molecule has 1 aromatic rings. The largest absolute Gasteiger partial charge is 0.496 e. The molecule has 7 heteroatoms. The lowest BCUT2D eigenvalue weighted by Crippen LogP contribution is -2.50. The van der Waals surface area contributed by atoms with Gasteiger partial charge in [-0.15, -0.1) is 0 Å². The zero-order valence-electron chi connectivity index (χ0n) is 16.1. The molecule has 0 saturated carbocycles. The van der Waals surface area contributed by atoms with Gasteiger partial charge in [-0.2, -0.15) is 0 Å². The average Bonchev–Trinajstić information content (AvgIpc) is 3.00. The molecule has 0 aromatic heterocycles. The lowest BCUT2D eigenvalue weighted by Gasteiger charge is -2.38. The third-order valence-electron chi connectivity index (χ3n) is 5.29. The Morgan fingerprint density at radius 1 is 1.33 bits per heavy atom. The highest BCUT2D eigenvalue weighted by atomic mass is 79.9. The predicted molar refractivity (Wildman–Crippen MR) is 106 cm³/mol. The quantitative estimate of drug-likeness (QED) is 0.698. The van der Waals surface area contributed by atoms with E-state index >= 15 is 0 Å². The molecule has 6 nitrogen and oxygen atoms in total. The molecule has 0 N–H and O–H groups in total. The van der Waals surface area contributed by atoms with Gasteiger partial charge in [0.25, 0.3) is 5.91 Å². The Bertz CT molecular complexity index is 701. The smallest absolute Gasteiger partial charge is 0.410 e. The molecule has 0 bridgehead atoms. The van der Waals surface area contributed by atoms with Crippen LogP contribution in [0.3, 0.4) is 0 Å². The van der Waals surface area contributed by atoms with Crippen LogP contribution in [0.25, 0.3) is 0 Å². The highest BCUT2D eigenvalue weighted by Crippen LogP contribution is 2.29. The van der Waals surface area contributed by atoms with Gasteiger partial charge in [-0.05, 0) is 59.3 Å². The monoisotopic (exact) mass is 438 g/mol. The maximum Gasteiger partial charge on any atom is 0.410 e. The van der Waals surface area contributed by atoms with Crippen LogP contribution < -0.4 is 4.74 Å². The number of hydrogen-bond acceptors (Lipinski definition) is 4. The number of rotatable bonds is 5. The molecule has 0 aliphatic carbocycles. The summed E-state index contributed by atoms with van der Waals surface area (Å²) in [6.45, 7) is 6.09. The lowest BCUT2D eigenvalue weighted by atomic mass is 9.98. The first-order chi connectivity index (χ1) is 12.9. The van der Waals surface area contributed by atoms with Gasteiger partial charge < -0.3 is 14.4 Å². The van der Waals surface area contributed by atoms with Crippen LogP contribution in [0.1, 0.15) is 43.5 Å². The number of benzene rings is 1. The molecule has 0 radical (unpaired) electrons. The summed E-state index contributed by atoms with van der Waals surface area (Å²) in [5.74, 6) is 1.23. The molecule has 1 atom stereocenters. The van der Waals surface area contributed by atoms with E-state index in [0.717, 1.165) is 23.7 Å². The summed E-state index contributed by atoms with van der Waals surface area (Å²) in [5, 5.41) is 0. The normalized spacial score (nSPS) is 20.9. The van der Waals surface area contributed by atoms with E-state index in [4.69, 9.17) is 9.47 Å². The van der Waals surface area contributed by atoms with E-state index in [1.807, 2.05) is 9.80 Å². The minimum absolute atomic E-state index is 0.0135. The highest BCUT2D eigenvalue weighted by Gasteiger charge is 2.40. The molecular formula is C20H27BrN2O4. The summed E-state index contributed by atoms with van der Waals surface area (Å²) >= 11 is 3.43. The van der Waals surface area contributed by atoms with Gasteiger partial charge in [0.15, 0.2) is 0 Å². The van der Waals surface area contributed by atoms with Crippen LogP contribution in [-0.2, 0) is 4.74 Å². The fraction of sp³-hybridized carbons (Fsp3) is 0.600. The number of hydrogen-bond donors (Lipinski definition) is 0. The Balaban J connectivity index is 1.62. The Morgan fingerprint density at radius 3 is 2.63 bits per heavy atom. The summed E-state index contributed by atoms with van der Waals surface area (Å²) in [6, 6.07) is 5.68. The van der Waals surface area contributed by atoms with E-state index in [1.165, 1.54) is 0 Å². The topological polar surface area (TPSA) is 59.1 Å². The van der Waals surface area contributed by atoms with Crippen LogP contribution in [0.5, 0.6) is 5.75 Å². The number of carbonyl (C=O) groups is 2. The van der Waals surface area contributed by atoms with E-state index in [2.05, 4.69) is 29.8 Å². The van der Waals surface area contributed by atoms with Gasteiger partial charge in [0, 0.05) is 24.7 Å². The molecule has 0 unspecified atom stereocenters. The van der Waals surface area contributed by atoms with Gasteiger partial charge in [0.05, 0.1) is 17.6 Å². The molecule has 0 spiro atoms. The summed E-state index contributed by atoms with van der Waals surface area (Å²) in [7, 11) is 1.60. The number of carbonyl (C=O) groups excluding carboxylic acids is 2. The fourth-order valence-corrected chi connectivity index (χ4v) is 4.51. The second kappa shape index (κ2) is 8.50. The summed E-state index contributed by atoms with van der Waals surface area (Å²) in [6.07, 6.45) is 2.31. The Hall–Kier alpha value is -1.76. The van der Waals surface area contributed by atoms with Crippen LogP contribution in [0.15, 0.2) is 22.7 Å². The minimum Gasteiger partial charge on any atom is -0.496 e. The van der Waals surface area contributed by atoms with Crippen molar-refractivity contribution in [1.82, 2.24) is 9.80 Å². The van der Waals surface area contributed by atoms with Crippen molar-refractivity contribution < 1.29 is 19.1 Å². The van der Waals surface area contributed by atoms with E-state index in [1.54, 1.807) is 25.3 Å². The molecule has 2 saturated heterocycles. The maximum absolute atomic E-state index is 12.8. The van der Waals surface area contributed by atoms with Crippen molar-refractivity contribution in [3.05, 3.63) is 28.2 Å². The Morgan fingerprint density at radius 2 is 2.04 bits per heavy atom. The van der Waals surface area contributed by atoms with Gasteiger partial charge in [-0.25, -0.2) is 4.79 Å². The molecule has 3 rings (SSSR count). The van der Waals surface area contributed by atoms with Crippen molar-refractivity contribution >= 4 is 27.9 Å². The van der Waals surface area contributed by atoms with Crippen LogP contribution in [-0.4, -0.2) is 60.7 Å². The third-order valence-corrected chi connectivity index (χ3v) is 5.91. The number of halogens is 1. The Labute approximate surface area is 168 Å². The van der Waals surface area contributed by atoms with E-state index < -0.39 is 0 Å². The molecular weight excluding hydrogens is 412 g/mol. The first kappa shape index (κ1) is 20.0. The van der Waals surface area contributed by atoms with Gasteiger partial charge in [0.1, 0.15) is 12.4 Å². The number of likely N-dealkylation sites (tertiary alicyclic amines) is 1. The van der Waals surface area contributed by atoms with Crippen molar-refractivity contribution in [3.63, 3.8) is 0 Å². The van der Waals surface area contributed by atoms with Crippen molar-refractivity contribution in [2.45, 2.75) is 45.2 Å². The zero-order chi connectivity index (χ0) is 19.6. The van der Waals surface area contributed by atoms with E-state index in [0.29, 0.717) is 36.9 Å². The Kier molecular flexibility index (Phi) is 6.29. The summed E-state index contributed by atoms with van der Waals surface area (Å²) in [5.41, 5.74) is 0.638. The van der Waals surface area contributed by atoms with Crippen LogP contribution in [0, 0.1) is 5.92 Å². The molecule has 2 aliphatic rings. The summed E-state index contributed by atoms with van der Waals surface area (Å²) in [4.78, 5) is 28.8. The number of amides is 2. The highest BCUT2D eigenvalue weighted by molar-refractivity contribution is 9.10. The van der Waals surface area contributed by atoms with Crippen LogP contribution in [0.2, 0.25) is 0 Å². The first-order valence-electron chi connectivity index (χ1n) is 9.48. The van der Waals surface area contributed by atoms with Gasteiger partial charge in [-0.1, -0.05) is 13.8 Å². The molecule has 1 aromatic carbocycles. The number of nitrogens with zero attached hydrogens (tertiary/aromatic N) is 2. The van der Waals surface area contributed by atoms with Crippen LogP contribution >= 0.6 is 15.9 Å². The van der Waals surface area contributed by atoms with E-state index in [9.17, 15) is 9.59 Å². The molecule has 2 heterocycles. The number of piperidine rings is 1. The third kappa shape index (κ3) is 4.39. The van der Waals surface area contributed by atoms with Gasteiger partial charge in [-0.3, -0.25) is 9.69 Å². The number of methoxy groups -OCH3 is 1.